The number of nitrogens with zero attached hydrogens (tertiary/aromatic N) is 1. The summed E-state index contributed by atoms with van der Waals surface area (Å²) in [5, 5.41) is 3.07. The zero-order valence-electron chi connectivity index (χ0n) is 13.9. The maximum Gasteiger partial charge on any atom is 0.252 e. The topological polar surface area (TPSA) is 67.9 Å². The first-order valence-electron chi connectivity index (χ1n) is 8.35. The number of carbonyl (C=O) groups excluding carboxylic acids is 2. The molecule has 2 aliphatic rings. The van der Waals surface area contributed by atoms with Gasteiger partial charge in [-0.25, -0.2) is 4.39 Å². The van der Waals surface area contributed by atoms with E-state index in [9.17, 15) is 14.0 Å². The van der Waals surface area contributed by atoms with E-state index < -0.39 is 6.04 Å². The third-order valence-electron chi connectivity index (χ3n) is 4.52. The van der Waals surface area contributed by atoms with Crippen LogP contribution in [0.3, 0.4) is 0 Å². The molecule has 26 heavy (non-hydrogen) atoms. The lowest BCUT2D eigenvalue weighted by Crippen LogP contribution is -2.36. The van der Waals surface area contributed by atoms with E-state index in [1.54, 1.807) is 36.4 Å². The number of anilines is 1. The van der Waals surface area contributed by atoms with Crippen LogP contribution in [0, 0.1) is 5.82 Å². The van der Waals surface area contributed by atoms with E-state index in [2.05, 4.69) is 5.32 Å². The minimum atomic E-state index is -0.636. The van der Waals surface area contributed by atoms with Crippen molar-refractivity contribution < 1.29 is 23.5 Å². The van der Waals surface area contributed by atoms with Crippen LogP contribution < -0.4 is 14.8 Å². The van der Waals surface area contributed by atoms with Crippen molar-refractivity contribution in [1.29, 1.82) is 0 Å². The monoisotopic (exact) mass is 356 g/mol. The molecule has 1 saturated heterocycles. The van der Waals surface area contributed by atoms with Crippen molar-refractivity contribution >= 4 is 17.5 Å². The number of benzene rings is 2. The Morgan fingerprint density at radius 2 is 1.92 bits per heavy atom. The highest BCUT2D eigenvalue weighted by Crippen LogP contribution is 2.34. The molecule has 6 nitrogen and oxygen atoms in total. The smallest absolute Gasteiger partial charge is 0.252 e. The molecule has 0 saturated carbocycles. The zero-order chi connectivity index (χ0) is 18.1. The van der Waals surface area contributed by atoms with Gasteiger partial charge in [-0.05, 0) is 30.2 Å². The van der Waals surface area contributed by atoms with Gasteiger partial charge in [0.2, 0.25) is 12.7 Å². The van der Waals surface area contributed by atoms with Crippen LogP contribution in [-0.2, 0) is 16.0 Å². The Morgan fingerprint density at radius 3 is 2.77 bits per heavy atom. The summed E-state index contributed by atoms with van der Waals surface area (Å²) < 4.78 is 24.3. The maximum absolute atomic E-state index is 13.7. The fourth-order valence-corrected chi connectivity index (χ4v) is 3.15. The Labute approximate surface area is 149 Å². The van der Waals surface area contributed by atoms with E-state index >= 15 is 0 Å². The SMILES string of the molecule is O=C1C[C@@H](Nc2ccc3c(c2)OCO3)C(=O)N1CCc1ccccc1F. The number of likely N-dealkylation sites (tertiary alicyclic amines) is 1. The second-order valence-corrected chi connectivity index (χ2v) is 6.19. The number of halogens is 1. The fourth-order valence-electron chi connectivity index (χ4n) is 3.15. The van der Waals surface area contributed by atoms with Gasteiger partial charge in [-0.1, -0.05) is 18.2 Å². The Balaban J connectivity index is 1.41. The molecular formula is C19H17FN2O4. The summed E-state index contributed by atoms with van der Waals surface area (Å²) in [5.74, 6) is 0.356. The Hall–Kier alpha value is -3.09. The lowest BCUT2D eigenvalue weighted by Gasteiger charge is -2.16. The van der Waals surface area contributed by atoms with Gasteiger partial charge in [0.25, 0.3) is 5.91 Å². The number of amides is 2. The molecule has 0 spiro atoms. The minimum Gasteiger partial charge on any atom is -0.454 e. The summed E-state index contributed by atoms with van der Waals surface area (Å²) in [6, 6.07) is 11.0. The van der Waals surface area contributed by atoms with Crippen LogP contribution in [0.4, 0.5) is 10.1 Å². The molecule has 0 bridgehead atoms. The second-order valence-electron chi connectivity index (χ2n) is 6.19. The van der Waals surface area contributed by atoms with Gasteiger partial charge in [0.1, 0.15) is 11.9 Å². The molecule has 0 unspecified atom stereocenters. The van der Waals surface area contributed by atoms with Crippen LogP contribution in [0.25, 0.3) is 0 Å². The number of imide groups is 1. The highest BCUT2D eigenvalue weighted by Gasteiger charge is 2.38. The predicted octanol–water partition coefficient (Wildman–Crippen LogP) is 2.34. The molecule has 0 radical (unpaired) electrons. The average molecular weight is 356 g/mol. The summed E-state index contributed by atoms with van der Waals surface area (Å²) >= 11 is 0. The third-order valence-corrected chi connectivity index (χ3v) is 4.52. The highest BCUT2D eigenvalue weighted by molar-refractivity contribution is 6.06. The van der Waals surface area contributed by atoms with E-state index in [4.69, 9.17) is 9.47 Å². The summed E-state index contributed by atoms with van der Waals surface area (Å²) in [6.45, 7) is 0.335. The standard InChI is InChI=1S/C19H17FN2O4/c20-14-4-2-1-3-12(14)7-8-22-18(23)10-15(19(22)24)21-13-5-6-16-17(9-13)26-11-25-16/h1-6,9,15,21H,7-8,10-11H2/t15-/m1/s1. The van der Waals surface area contributed by atoms with Crippen LogP contribution in [0.2, 0.25) is 0 Å². The van der Waals surface area contributed by atoms with Crippen LogP contribution >= 0.6 is 0 Å². The van der Waals surface area contributed by atoms with E-state index in [0.29, 0.717) is 29.2 Å². The number of rotatable bonds is 5. The summed E-state index contributed by atoms with van der Waals surface area (Å²) in [6.07, 6.45) is 0.367. The van der Waals surface area contributed by atoms with Crippen molar-refractivity contribution in [2.75, 3.05) is 18.7 Å². The van der Waals surface area contributed by atoms with Crippen molar-refractivity contribution in [3.8, 4) is 11.5 Å². The number of carbonyl (C=O) groups is 2. The van der Waals surface area contributed by atoms with Crippen LogP contribution in [-0.4, -0.2) is 36.1 Å². The van der Waals surface area contributed by atoms with E-state index in [1.165, 1.54) is 11.0 Å². The number of fused-ring (bicyclic) bond motifs is 1. The number of nitrogens with one attached hydrogen (secondary N) is 1. The first kappa shape index (κ1) is 16.4. The Kier molecular flexibility index (Phi) is 4.20. The normalized spacial score (nSPS) is 18.5. The molecule has 134 valence electrons. The molecule has 0 aliphatic carbocycles. The largest absolute Gasteiger partial charge is 0.454 e. The van der Waals surface area contributed by atoms with Gasteiger partial charge < -0.3 is 14.8 Å². The lowest BCUT2D eigenvalue weighted by atomic mass is 10.1. The van der Waals surface area contributed by atoms with Crippen molar-refractivity contribution in [3.63, 3.8) is 0 Å². The predicted molar refractivity (Wildman–Crippen MR) is 91.4 cm³/mol. The number of hydrogen-bond donors (Lipinski definition) is 1. The summed E-state index contributed by atoms with van der Waals surface area (Å²) in [7, 11) is 0. The van der Waals surface area contributed by atoms with Gasteiger partial charge in [-0.15, -0.1) is 0 Å². The molecule has 1 atom stereocenters. The van der Waals surface area contributed by atoms with Crippen molar-refractivity contribution in [1.82, 2.24) is 4.90 Å². The molecule has 4 rings (SSSR count). The zero-order valence-corrected chi connectivity index (χ0v) is 13.9. The van der Waals surface area contributed by atoms with E-state index in [1.807, 2.05) is 0 Å². The molecule has 1 fully saturated rings. The molecule has 2 aliphatic heterocycles. The summed E-state index contributed by atoms with van der Waals surface area (Å²) in [4.78, 5) is 26.0. The first-order chi connectivity index (χ1) is 12.6. The van der Waals surface area contributed by atoms with Gasteiger partial charge in [-0.3, -0.25) is 14.5 Å². The van der Waals surface area contributed by atoms with Crippen LogP contribution in [0.5, 0.6) is 11.5 Å². The Bertz CT molecular complexity index is 870. The third kappa shape index (κ3) is 3.08. The van der Waals surface area contributed by atoms with E-state index in [0.717, 1.165) is 0 Å². The molecule has 0 aromatic heterocycles. The second kappa shape index (κ2) is 6.67. The molecular weight excluding hydrogens is 339 g/mol. The van der Waals surface area contributed by atoms with Gasteiger partial charge in [0.05, 0.1) is 6.42 Å². The highest BCUT2D eigenvalue weighted by atomic mass is 19.1. The Morgan fingerprint density at radius 1 is 1.12 bits per heavy atom. The van der Waals surface area contributed by atoms with Gasteiger partial charge in [-0.2, -0.15) is 0 Å². The minimum absolute atomic E-state index is 0.0740. The van der Waals surface area contributed by atoms with Crippen molar-refractivity contribution in [2.45, 2.75) is 18.9 Å². The molecule has 1 N–H and O–H groups in total. The molecule has 7 heteroatoms. The van der Waals surface area contributed by atoms with Gasteiger partial charge >= 0.3 is 0 Å². The quantitative estimate of drug-likeness (QED) is 0.833. The summed E-state index contributed by atoms with van der Waals surface area (Å²) in [5.41, 5.74) is 1.16. The molecule has 2 heterocycles. The average Bonchev–Trinajstić information content (AvgIpc) is 3.19. The molecule has 2 aromatic carbocycles. The first-order valence-corrected chi connectivity index (χ1v) is 8.35. The van der Waals surface area contributed by atoms with Gasteiger partial charge in [0.15, 0.2) is 11.5 Å². The number of hydrogen-bond acceptors (Lipinski definition) is 5. The van der Waals surface area contributed by atoms with Crippen molar-refractivity contribution in [2.24, 2.45) is 0 Å². The lowest BCUT2D eigenvalue weighted by molar-refractivity contribution is -0.138. The molecule has 2 amide bonds. The molecule has 2 aromatic rings. The van der Waals surface area contributed by atoms with Crippen LogP contribution in [0.1, 0.15) is 12.0 Å². The van der Waals surface area contributed by atoms with Crippen LogP contribution in [0.15, 0.2) is 42.5 Å². The maximum atomic E-state index is 13.7. The fraction of sp³-hybridized carbons (Fsp3) is 0.263. The van der Waals surface area contributed by atoms with E-state index in [-0.39, 0.29) is 37.4 Å². The van der Waals surface area contributed by atoms with Gasteiger partial charge in [0, 0.05) is 18.3 Å². The van der Waals surface area contributed by atoms with Crippen molar-refractivity contribution in [3.05, 3.63) is 53.8 Å². The number of ether oxygens (including phenoxy) is 2.